The predicted molar refractivity (Wildman–Crippen MR) is 99.6 cm³/mol. The number of carbonyl (C=O) groups is 1. The van der Waals surface area contributed by atoms with Crippen LogP contribution in [0.4, 0.5) is 0 Å². The fourth-order valence-corrected chi connectivity index (χ4v) is 2.58. The van der Waals surface area contributed by atoms with E-state index in [2.05, 4.69) is 25.5 Å². The largest absolute Gasteiger partial charge is 0.486 e. The Morgan fingerprint density at radius 3 is 2.74 bits per heavy atom. The van der Waals surface area contributed by atoms with Crippen LogP contribution in [0.1, 0.15) is 34.5 Å². The van der Waals surface area contributed by atoms with Gasteiger partial charge in [-0.15, -0.1) is 0 Å². The summed E-state index contributed by atoms with van der Waals surface area (Å²) in [5, 5.41) is 9.79. The molecule has 27 heavy (non-hydrogen) atoms. The van der Waals surface area contributed by atoms with Gasteiger partial charge in [0, 0.05) is 24.4 Å². The minimum Gasteiger partial charge on any atom is -0.486 e. The molecule has 0 fully saturated rings. The van der Waals surface area contributed by atoms with Crippen LogP contribution in [-0.2, 0) is 13.0 Å². The molecule has 0 saturated carbocycles. The van der Waals surface area contributed by atoms with Gasteiger partial charge in [-0.1, -0.05) is 18.2 Å². The van der Waals surface area contributed by atoms with Crippen molar-refractivity contribution in [3.05, 3.63) is 75.7 Å². The Labute approximate surface area is 156 Å². The first kappa shape index (κ1) is 18.4. The van der Waals surface area contributed by atoms with Gasteiger partial charge in [0.25, 0.3) is 11.5 Å². The van der Waals surface area contributed by atoms with Gasteiger partial charge in [-0.25, -0.2) is 4.98 Å². The lowest BCUT2D eigenvalue weighted by Crippen LogP contribution is -2.37. The Kier molecular flexibility index (Phi) is 5.65. The number of hydrogen-bond acceptors (Lipinski definition) is 5. The van der Waals surface area contributed by atoms with E-state index in [1.165, 1.54) is 6.20 Å². The summed E-state index contributed by atoms with van der Waals surface area (Å²) in [7, 11) is 0. The van der Waals surface area contributed by atoms with Crippen molar-refractivity contribution >= 4 is 5.91 Å². The van der Waals surface area contributed by atoms with Crippen molar-refractivity contribution in [2.24, 2.45) is 0 Å². The minimum atomic E-state index is -0.503. The molecule has 1 amide bonds. The Morgan fingerprint density at radius 1 is 1.30 bits per heavy atom. The summed E-state index contributed by atoms with van der Waals surface area (Å²) in [6.45, 7) is 3.87. The second-order valence-corrected chi connectivity index (χ2v) is 6.30. The first-order valence-corrected chi connectivity index (χ1v) is 8.59. The first-order valence-electron chi connectivity index (χ1n) is 8.59. The maximum absolute atomic E-state index is 12.3. The van der Waals surface area contributed by atoms with Gasteiger partial charge in [0.05, 0.1) is 5.69 Å². The molecular weight excluding hydrogens is 346 g/mol. The van der Waals surface area contributed by atoms with Crippen LogP contribution in [0.3, 0.4) is 0 Å². The molecule has 3 aromatic rings. The molecule has 2 heterocycles. The van der Waals surface area contributed by atoms with Crippen molar-refractivity contribution in [1.82, 2.24) is 25.5 Å². The summed E-state index contributed by atoms with van der Waals surface area (Å²) >= 11 is 0. The van der Waals surface area contributed by atoms with Crippen LogP contribution in [-0.4, -0.2) is 32.1 Å². The van der Waals surface area contributed by atoms with E-state index in [9.17, 15) is 9.59 Å². The van der Waals surface area contributed by atoms with Crippen molar-refractivity contribution in [3.8, 4) is 5.75 Å². The maximum atomic E-state index is 12.3. The Balaban J connectivity index is 1.59. The number of amides is 1. The van der Waals surface area contributed by atoms with E-state index in [-0.39, 0.29) is 18.2 Å². The van der Waals surface area contributed by atoms with Gasteiger partial charge in [-0.3, -0.25) is 14.7 Å². The average Bonchev–Trinajstić information content (AvgIpc) is 3.05. The molecule has 0 spiro atoms. The first-order chi connectivity index (χ1) is 13.0. The smallest absolute Gasteiger partial charge is 0.263 e. The molecule has 0 saturated heterocycles. The van der Waals surface area contributed by atoms with Gasteiger partial charge < -0.3 is 15.0 Å². The van der Waals surface area contributed by atoms with Crippen molar-refractivity contribution in [2.75, 3.05) is 0 Å². The number of aromatic amines is 2. The number of hydrogen-bond donors (Lipinski definition) is 3. The Morgan fingerprint density at radius 2 is 2.07 bits per heavy atom. The molecule has 0 radical (unpaired) electrons. The van der Waals surface area contributed by atoms with E-state index in [1.54, 1.807) is 0 Å². The van der Waals surface area contributed by atoms with Crippen LogP contribution in [0.25, 0.3) is 0 Å². The molecule has 3 rings (SSSR count). The lowest BCUT2D eigenvalue weighted by atomic mass is 10.1. The number of aromatic nitrogens is 4. The van der Waals surface area contributed by atoms with Gasteiger partial charge >= 0.3 is 0 Å². The Bertz CT molecular complexity index is 965. The molecule has 8 heteroatoms. The summed E-state index contributed by atoms with van der Waals surface area (Å²) in [6.07, 6.45) is 1.83. The van der Waals surface area contributed by atoms with Crippen molar-refractivity contribution in [3.63, 3.8) is 0 Å². The van der Waals surface area contributed by atoms with Gasteiger partial charge in [0.15, 0.2) is 0 Å². The van der Waals surface area contributed by atoms with Crippen molar-refractivity contribution in [1.29, 1.82) is 0 Å². The third kappa shape index (κ3) is 5.04. The summed E-state index contributed by atoms with van der Waals surface area (Å²) in [5.41, 5.74) is 1.26. The molecule has 0 aliphatic carbocycles. The molecule has 0 aliphatic rings. The highest BCUT2D eigenvalue weighted by Crippen LogP contribution is 2.09. The zero-order valence-corrected chi connectivity index (χ0v) is 15.2. The van der Waals surface area contributed by atoms with E-state index < -0.39 is 11.5 Å². The van der Waals surface area contributed by atoms with Crippen LogP contribution < -0.4 is 15.6 Å². The van der Waals surface area contributed by atoms with E-state index in [0.29, 0.717) is 18.0 Å². The summed E-state index contributed by atoms with van der Waals surface area (Å²) < 4.78 is 5.54. The molecule has 3 N–H and O–H groups in total. The molecule has 0 bridgehead atoms. The quantitative estimate of drug-likeness (QED) is 0.589. The summed E-state index contributed by atoms with van der Waals surface area (Å²) in [6, 6.07) is 10.9. The molecule has 1 aromatic carbocycles. The van der Waals surface area contributed by atoms with Crippen LogP contribution in [0, 0.1) is 6.92 Å². The van der Waals surface area contributed by atoms with Gasteiger partial charge in [0.1, 0.15) is 23.7 Å². The molecule has 8 nitrogen and oxygen atoms in total. The second kappa shape index (κ2) is 8.31. The topological polar surface area (TPSA) is 113 Å². The zero-order valence-electron chi connectivity index (χ0n) is 15.2. The fraction of sp³-hybridized carbons (Fsp3) is 0.263. The highest BCUT2D eigenvalue weighted by molar-refractivity contribution is 5.93. The minimum absolute atomic E-state index is 0.0384. The number of benzene rings is 1. The SMILES string of the molecule is Cc1cc(CC(C)NC(=O)c2cnc(COc3ccccc3)[nH]c2=O)n[nH]1. The van der Waals surface area contributed by atoms with E-state index >= 15 is 0 Å². The summed E-state index contributed by atoms with van der Waals surface area (Å²) in [4.78, 5) is 31.2. The number of nitrogens with zero attached hydrogens (tertiary/aromatic N) is 2. The maximum Gasteiger partial charge on any atom is 0.263 e. The lowest BCUT2D eigenvalue weighted by molar-refractivity contribution is 0.0937. The van der Waals surface area contributed by atoms with Gasteiger partial charge in [-0.05, 0) is 32.0 Å². The number of ether oxygens (including phenoxy) is 1. The molecule has 1 unspecified atom stereocenters. The number of H-pyrrole nitrogens is 2. The third-order valence-electron chi connectivity index (χ3n) is 3.87. The normalized spacial score (nSPS) is 11.8. The molecule has 1 atom stereocenters. The lowest BCUT2D eigenvalue weighted by Gasteiger charge is -2.12. The second-order valence-electron chi connectivity index (χ2n) is 6.30. The van der Waals surface area contributed by atoms with Crippen LogP contribution >= 0.6 is 0 Å². The van der Waals surface area contributed by atoms with Gasteiger partial charge in [0.2, 0.25) is 0 Å². The van der Waals surface area contributed by atoms with E-state index in [4.69, 9.17) is 4.74 Å². The average molecular weight is 367 g/mol. The number of nitrogens with one attached hydrogen (secondary N) is 3. The van der Waals surface area contributed by atoms with Crippen LogP contribution in [0.5, 0.6) is 5.75 Å². The zero-order chi connectivity index (χ0) is 19.2. The highest BCUT2D eigenvalue weighted by atomic mass is 16.5. The molecule has 0 aliphatic heterocycles. The number of aryl methyl sites for hydroxylation is 1. The van der Waals surface area contributed by atoms with Crippen molar-refractivity contribution < 1.29 is 9.53 Å². The Hall–Kier alpha value is -3.42. The highest BCUT2D eigenvalue weighted by Gasteiger charge is 2.15. The molecule has 2 aromatic heterocycles. The monoisotopic (exact) mass is 367 g/mol. The number of carbonyl (C=O) groups excluding carboxylic acids is 1. The van der Waals surface area contributed by atoms with Crippen LogP contribution in [0.15, 0.2) is 47.4 Å². The number of rotatable bonds is 7. The van der Waals surface area contributed by atoms with E-state index in [1.807, 2.05) is 50.2 Å². The van der Waals surface area contributed by atoms with Gasteiger partial charge in [-0.2, -0.15) is 5.10 Å². The fourth-order valence-electron chi connectivity index (χ4n) is 2.58. The number of para-hydroxylation sites is 1. The predicted octanol–water partition coefficient (Wildman–Crippen LogP) is 1.74. The molecular formula is C19H21N5O3. The van der Waals surface area contributed by atoms with Crippen molar-refractivity contribution in [2.45, 2.75) is 32.9 Å². The van der Waals surface area contributed by atoms with Crippen LogP contribution in [0.2, 0.25) is 0 Å². The third-order valence-corrected chi connectivity index (χ3v) is 3.87. The molecule has 140 valence electrons. The standard InChI is InChI=1S/C19H21N5O3/c1-12(8-14-9-13(2)23-24-14)21-18(25)16-10-20-17(22-19(16)26)11-27-15-6-4-3-5-7-15/h3-7,9-10,12H,8,11H2,1-2H3,(H,21,25)(H,23,24)(H,20,22,26). The van der Waals surface area contributed by atoms with E-state index in [0.717, 1.165) is 11.4 Å². The summed E-state index contributed by atoms with van der Waals surface area (Å²) in [5.74, 6) is 0.545.